The highest BCUT2D eigenvalue weighted by Crippen LogP contribution is 2.24. The lowest BCUT2D eigenvalue weighted by molar-refractivity contribution is -0.385. The van der Waals surface area contributed by atoms with E-state index >= 15 is 0 Å². The normalized spacial score (nSPS) is 21.9. The van der Waals surface area contributed by atoms with Crippen LogP contribution in [0.3, 0.4) is 0 Å². The molecule has 2 rings (SSSR count). The van der Waals surface area contributed by atoms with Crippen molar-refractivity contribution >= 4 is 11.6 Å². The third-order valence-electron chi connectivity index (χ3n) is 4.12. The van der Waals surface area contributed by atoms with Gasteiger partial charge in [0.1, 0.15) is 5.82 Å². The molecular formula is C15H19FN2O4. The van der Waals surface area contributed by atoms with Crippen molar-refractivity contribution in [3.63, 3.8) is 0 Å². The number of hydrogen-bond acceptors (Lipinski definition) is 4. The number of benzene rings is 1. The second-order valence-electron chi connectivity index (χ2n) is 5.58. The Morgan fingerprint density at radius 2 is 2.09 bits per heavy atom. The summed E-state index contributed by atoms with van der Waals surface area (Å²) in [5, 5.41) is 22.8. The minimum absolute atomic E-state index is 0.0201. The molecule has 0 bridgehead atoms. The van der Waals surface area contributed by atoms with E-state index in [1.807, 2.05) is 0 Å². The molecule has 2 atom stereocenters. The first-order valence-electron chi connectivity index (χ1n) is 7.38. The fourth-order valence-electron chi connectivity index (χ4n) is 2.84. The van der Waals surface area contributed by atoms with E-state index < -0.39 is 22.3 Å². The van der Waals surface area contributed by atoms with Crippen LogP contribution < -0.4 is 5.32 Å². The van der Waals surface area contributed by atoms with E-state index in [4.69, 9.17) is 0 Å². The first-order chi connectivity index (χ1) is 10.5. The Kier molecular flexibility index (Phi) is 5.43. The van der Waals surface area contributed by atoms with Gasteiger partial charge in [-0.25, -0.2) is 4.39 Å². The average Bonchev–Trinajstić information content (AvgIpc) is 2.71. The summed E-state index contributed by atoms with van der Waals surface area (Å²) in [4.78, 5) is 22.1. The van der Waals surface area contributed by atoms with Crippen LogP contribution in [0.2, 0.25) is 0 Å². The first-order valence-corrected chi connectivity index (χ1v) is 7.38. The molecule has 0 aromatic heterocycles. The standard InChI is InChI=1S/C15H19FN2O4/c16-13-8-11(18(21)22)6-7-12(13)15(20)17-14-5-3-1-2-4-10(14)9-19/h6-8,10,14,19H,1-5,9H2,(H,17,20). The van der Waals surface area contributed by atoms with Gasteiger partial charge in [0.25, 0.3) is 11.6 Å². The molecule has 1 aliphatic carbocycles. The minimum atomic E-state index is -0.916. The van der Waals surface area contributed by atoms with Crippen molar-refractivity contribution in [1.82, 2.24) is 5.32 Å². The number of nitro benzene ring substituents is 1. The first kappa shape index (κ1) is 16.4. The van der Waals surface area contributed by atoms with Gasteiger partial charge in [0, 0.05) is 24.6 Å². The van der Waals surface area contributed by atoms with E-state index in [1.54, 1.807) is 0 Å². The summed E-state index contributed by atoms with van der Waals surface area (Å²) in [6.45, 7) is -0.0201. The van der Waals surface area contributed by atoms with Gasteiger partial charge in [0.05, 0.1) is 16.6 Å². The Morgan fingerprint density at radius 3 is 2.73 bits per heavy atom. The second-order valence-corrected chi connectivity index (χ2v) is 5.58. The molecule has 1 aromatic carbocycles. The van der Waals surface area contributed by atoms with Gasteiger partial charge in [-0.1, -0.05) is 19.3 Å². The molecule has 0 radical (unpaired) electrons. The van der Waals surface area contributed by atoms with E-state index in [9.17, 15) is 24.4 Å². The van der Waals surface area contributed by atoms with Gasteiger partial charge in [0.2, 0.25) is 0 Å². The zero-order valence-electron chi connectivity index (χ0n) is 12.1. The maximum atomic E-state index is 13.9. The molecule has 1 amide bonds. The summed E-state index contributed by atoms with van der Waals surface area (Å²) in [5.41, 5.74) is -0.608. The van der Waals surface area contributed by atoms with Gasteiger partial charge >= 0.3 is 0 Å². The minimum Gasteiger partial charge on any atom is -0.396 e. The Bertz CT molecular complexity index is 564. The van der Waals surface area contributed by atoms with Crippen LogP contribution in [0.5, 0.6) is 0 Å². The third kappa shape index (κ3) is 3.79. The van der Waals surface area contributed by atoms with Gasteiger partial charge in [0.15, 0.2) is 0 Å². The number of aliphatic hydroxyl groups is 1. The maximum absolute atomic E-state index is 13.9. The van der Waals surface area contributed by atoms with E-state index in [2.05, 4.69) is 5.32 Å². The molecule has 1 fully saturated rings. The van der Waals surface area contributed by atoms with Crippen LogP contribution in [-0.2, 0) is 0 Å². The maximum Gasteiger partial charge on any atom is 0.272 e. The summed E-state index contributed by atoms with van der Waals surface area (Å²) < 4.78 is 13.9. The van der Waals surface area contributed by atoms with Crippen molar-refractivity contribution in [2.45, 2.75) is 38.1 Å². The van der Waals surface area contributed by atoms with E-state index in [0.29, 0.717) is 0 Å². The zero-order valence-corrected chi connectivity index (χ0v) is 12.1. The Hall–Kier alpha value is -2.02. The molecule has 6 nitrogen and oxygen atoms in total. The molecule has 2 N–H and O–H groups in total. The molecule has 0 aliphatic heterocycles. The summed E-state index contributed by atoms with van der Waals surface area (Å²) >= 11 is 0. The molecule has 120 valence electrons. The highest BCUT2D eigenvalue weighted by molar-refractivity contribution is 5.94. The topological polar surface area (TPSA) is 92.5 Å². The number of nitrogens with one attached hydrogen (secondary N) is 1. The van der Waals surface area contributed by atoms with Crippen LogP contribution in [0.4, 0.5) is 10.1 Å². The van der Waals surface area contributed by atoms with Gasteiger partial charge in [-0.3, -0.25) is 14.9 Å². The summed E-state index contributed by atoms with van der Waals surface area (Å²) in [7, 11) is 0. The van der Waals surface area contributed by atoms with Crippen LogP contribution in [0.25, 0.3) is 0 Å². The molecule has 0 heterocycles. The largest absolute Gasteiger partial charge is 0.396 e. The number of halogens is 1. The summed E-state index contributed by atoms with van der Waals surface area (Å²) in [6.07, 6.45) is 4.57. The highest BCUT2D eigenvalue weighted by atomic mass is 19.1. The number of carbonyl (C=O) groups is 1. The number of non-ortho nitro benzene ring substituents is 1. The molecule has 22 heavy (non-hydrogen) atoms. The van der Waals surface area contributed by atoms with Crippen molar-refractivity contribution in [3.8, 4) is 0 Å². The third-order valence-corrected chi connectivity index (χ3v) is 4.12. The predicted molar refractivity (Wildman–Crippen MR) is 78.0 cm³/mol. The quantitative estimate of drug-likeness (QED) is 0.507. The average molecular weight is 310 g/mol. The number of rotatable bonds is 4. The van der Waals surface area contributed by atoms with Crippen molar-refractivity contribution in [1.29, 1.82) is 0 Å². The Morgan fingerprint density at radius 1 is 1.36 bits per heavy atom. The van der Waals surface area contributed by atoms with Crippen LogP contribution in [-0.4, -0.2) is 28.6 Å². The molecule has 2 unspecified atom stereocenters. The summed E-state index contributed by atoms with van der Waals surface area (Å²) in [5.74, 6) is -1.55. The van der Waals surface area contributed by atoms with Crippen LogP contribution in [0.1, 0.15) is 42.5 Å². The Balaban J connectivity index is 2.12. The van der Waals surface area contributed by atoms with Crippen molar-refractivity contribution in [3.05, 3.63) is 39.7 Å². The van der Waals surface area contributed by atoms with Crippen LogP contribution in [0.15, 0.2) is 18.2 Å². The fraction of sp³-hybridized carbons (Fsp3) is 0.533. The predicted octanol–water partition coefficient (Wildman–Crippen LogP) is 2.40. The van der Waals surface area contributed by atoms with Gasteiger partial charge in [-0.15, -0.1) is 0 Å². The smallest absolute Gasteiger partial charge is 0.272 e. The molecule has 0 saturated heterocycles. The lowest BCUT2D eigenvalue weighted by atomic mass is 9.95. The molecular weight excluding hydrogens is 291 g/mol. The number of nitrogens with zero attached hydrogens (tertiary/aromatic N) is 1. The van der Waals surface area contributed by atoms with Crippen LogP contribution in [0, 0.1) is 21.8 Å². The SMILES string of the molecule is O=C(NC1CCCCCC1CO)c1ccc([N+](=O)[O-])cc1F. The zero-order chi connectivity index (χ0) is 16.1. The lowest BCUT2D eigenvalue weighted by Gasteiger charge is -2.24. The summed E-state index contributed by atoms with van der Waals surface area (Å²) in [6, 6.07) is 2.77. The molecule has 1 aromatic rings. The second kappa shape index (κ2) is 7.31. The number of nitro groups is 1. The van der Waals surface area contributed by atoms with Crippen molar-refractivity contribution in [2.24, 2.45) is 5.92 Å². The molecule has 7 heteroatoms. The van der Waals surface area contributed by atoms with E-state index in [-0.39, 0.29) is 24.1 Å². The molecule has 1 saturated carbocycles. The lowest BCUT2D eigenvalue weighted by Crippen LogP contribution is -2.41. The fourth-order valence-corrected chi connectivity index (χ4v) is 2.84. The van der Waals surface area contributed by atoms with Crippen molar-refractivity contribution in [2.75, 3.05) is 6.61 Å². The van der Waals surface area contributed by atoms with E-state index in [0.717, 1.165) is 50.3 Å². The number of amides is 1. The van der Waals surface area contributed by atoms with Gasteiger partial charge in [-0.05, 0) is 18.9 Å². The monoisotopic (exact) mass is 310 g/mol. The Labute approximate surface area is 127 Å². The molecule has 0 spiro atoms. The van der Waals surface area contributed by atoms with Crippen molar-refractivity contribution < 1.29 is 19.2 Å². The number of carbonyl (C=O) groups excluding carboxylic acids is 1. The van der Waals surface area contributed by atoms with Gasteiger partial charge in [-0.2, -0.15) is 0 Å². The van der Waals surface area contributed by atoms with Crippen LogP contribution >= 0.6 is 0 Å². The highest BCUT2D eigenvalue weighted by Gasteiger charge is 2.26. The van der Waals surface area contributed by atoms with Gasteiger partial charge < -0.3 is 10.4 Å². The number of hydrogen-bond donors (Lipinski definition) is 2. The molecule has 1 aliphatic rings. The van der Waals surface area contributed by atoms with E-state index in [1.165, 1.54) is 0 Å². The number of aliphatic hydroxyl groups excluding tert-OH is 1.